The summed E-state index contributed by atoms with van der Waals surface area (Å²) in [6, 6.07) is 5.52. The molecule has 0 radical (unpaired) electrons. The van der Waals surface area contributed by atoms with Crippen molar-refractivity contribution in [2.45, 2.75) is 26.9 Å². The molecule has 1 aromatic carbocycles. The summed E-state index contributed by atoms with van der Waals surface area (Å²) in [4.78, 5) is 26.2. The van der Waals surface area contributed by atoms with Crippen LogP contribution in [-0.4, -0.2) is 76.2 Å². The molecule has 0 aliphatic heterocycles. The van der Waals surface area contributed by atoms with E-state index in [2.05, 4.69) is 25.4 Å². The molecule has 2 aromatic heterocycles. The van der Waals surface area contributed by atoms with Crippen molar-refractivity contribution in [2.24, 2.45) is 0 Å². The Balaban J connectivity index is 1.76. The largest absolute Gasteiger partial charge is 0.490 e. The fourth-order valence-corrected chi connectivity index (χ4v) is 3.14. The maximum Gasteiger partial charge on any atom is 0.277 e. The van der Waals surface area contributed by atoms with E-state index in [-0.39, 0.29) is 13.2 Å². The van der Waals surface area contributed by atoms with Crippen LogP contribution in [0, 0.1) is 20.8 Å². The van der Waals surface area contributed by atoms with Crippen LogP contribution in [0.2, 0.25) is 0 Å². The van der Waals surface area contributed by atoms with Crippen molar-refractivity contribution in [1.29, 1.82) is 0 Å². The summed E-state index contributed by atoms with van der Waals surface area (Å²) in [6.07, 6.45) is -0.915. The Bertz CT molecular complexity index is 1110. The Morgan fingerprint density at radius 1 is 1.15 bits per heavy atom. The van der Waals surface area contributed by atoms with Crippen molar-refractivity contribution in [3.8, 4) is 28.7 Å². The Morgan fingerprint density at radius 2 is 1.85 bits per heavy atom. The fourth-order valence-electron chi connectivity index (χ4n) is 3.14. The lowest BCUT2D eigenvalue weighted by molar-refractivity contribution is -0.124. The number of aromatic nitrogens is 4. The molecule has 0 saturated heterocycles. The molecular weight excluding hydrogens is 428 g/mol. The van der Waals surface area contributed by atoms with E-state index in [4.69, 9.17) is 14.4 Å². The van der Waals surface area contributed by atoms with Crippen molar-refractivity contribution in [3.05, 3.63) is 35.0 Å². The highest BCUT2D eigenvalue weighted by Gasteiger charge is 2.17. The summed E-state index contributed by atoms with van der Waals surface area (Å²) in [5, 5.41) is 25.2. The highest BCUT2D eigenvalue weighted by molar-refractivity contribution is 5.76. The molecule has 2 heterocycles. The first-order valence-electron chi connectivity index (χ1n) is 10.3. The summed E-state index contributed by atoms with van der Waals surface area (Å²) >= 11 is 0. The van der Waals surface area contributed by atoms with Gasteiger partial charge in [-0.1, -0.05) is 5.16 Å². The van der Waals surface area contributed by atoms with Gasteiger partial charge in [-0.15, -0.1) is 0 Å². The van der Waals surface area contributed by atoms with Gasteiger partial charge in [-0.05, 0) is 50.1 Å². The third-order valence-electron chi connectivity index (χ3n) is 4.70. The number of rotatable bonds is 9. The third-order valence-corrected chi connectivity index (χ3v) is 4.70. The van der Waals surface area contributed by atoms with Gasteiger partial charge in [0.2, 0.25) is 17.7 Å². The van der Waals surface area contributed by atoms with E-state index in [9.17, 15) is 9.90 Å². The average molecular weight is 457 g/mol. The number of benzene rings is 1. The monoisotopic (exact) mass is 456 g/mol. The van der Waals surface area contributed by atoms with E-state index in [0.717, 1.165) is 22.4 Å². The Kier molecular flexibility index (Phi) is 7.56. The molecule has 0 unspecified atom stereocenters. The van der Waals surface area contributed by atoms with Crippen molar-refractivity contribution in [3.63, 3.8) is 0 Å². The predicted octanol–water partition coefficient (Wildman–Crippen LogP) is 1.03. The van der Waals surface area contributed by atoms with Crippen molar-refractivity contribution in [1.82, 2.24) is 25.4 Å². The van der Waals surface area contributed by atoms with Crippen LogP contribution < -0.4 is 15.0 Å². The van der Waals surface area contributed by atoms with Gasteiger partial charge in [-0.3, -0.25) is 4.79 Å². The minimum atomic E-state index is -0.915. The van der Waals surface area contributed by atoms with Gasteiger partial charge < -0.3 is 29.7 Å². The van der Waals surface area contributed by atoms with E-state index in [1.807, 2.05) is 47.0 Å². The molecule has 11 heteroatoms. The lowest BCUT2D eigenvalue weighted by atomic mass is 10.1. The number of aliphatic hydroxyl groups excluding tert-OH is 2. The fraction of sp³-hybridized carbons (Fsp3) is 0.409. The molecule has 0 aliphatic rings. The zero-order chi connectivity index (χ0) is 24.1. The quantitative estimate of drug-likeness (QED) is 0.426. The number of ether oxygens (including phenoxy) is 1. The van der Waals surface area contributed by atoms with Crippen LogP contribution >= 0.6 is 0 Å². The zero-order valence-electron chi connectivity index (χ0n) is 19.3. The number of nitrogens with zero attached hydrogens (tertiary/aromatic N) is 5. The van der Waals surface area contributed by atoms with Crippen LogP contribution in [0.3, 0.4) is 0 Å². The number of carbonyl (C=O) groups is 1. The first-order valence-corrected chi connectivity index (χ1v) is 10.3. The first kappa shape index (κ1) is 24.1. The molecule has 0 bridgehead atoms. The van der Waals surface area contributed by atoms with E-state index in [1.165, 1.54) is 0 Å². The third kappa shape index (κ3) is 6.02. The molecule has 3 aromatic rings. The molecule has 33 heavy (non-hydrogen) atoms. The summed E-state index contributed by atoms with van der Waals surface area (Å²) < 4.78 is 11.2. The molecule has 1 amide bonds. The molecule has 1 atom stereocenters. The van der Waals surface area contributed by atoms with E-state index in [0.29, 0.717) is 29.1 Å². The number of aliphatic hydroxyl groups is 2. The van der Waals surface area contributed by atoms with E-state index < -0.39 is 18.6 Å². The van der Waals surface area contributed by atoms with Gasteiger partial charge in [0, 0.05) is 31.9 Å². The highest BCUT2D eigenvalue weighted by Crippen LogP contribution is 2.30. The smallest absolute Gasteiger partial charge is 0.277 e. The molecule has 0 fully saturated rings. The number of aryl methyl sites for hydroxylation is 3. The molecule has 3 N–H and O–H groups in total. The second kappa shape index (κ2) is 10.4. The van der Waals surface area contributed by atoms with Crippen molar-refractivity contribution in [2.75, 3.05) is 38.8 Å². The summed E-state index contributed by atoms with van der Waals surface area (Å²) in [5.41, 5.74) is 3.74. The van der Waals surface area contributed by atoms with Crippen LogP contribution in [0.15, 0.2) is 22.7 Å². The molecule has 3 rings (SSSR count). The number of hydrogen-bond donors (Lipinski definition) is 3. The van der Waals surface area contributed by atoms with Gasteiger partial charge in [-0.25, -0.2) is 9.97 Å². The van der Waals surface area contributed by atoms with E-state index in [1.54, 1.807) is 11.0 Å². The molecule has 0 saturated carbocycles. The van der Waals surface area contributed by atoms with Crippen LogP contribution in [0.25, 0.3) is 23.0 Å². The summed E-state index contributed by atoms with van der Waals surface area (Å²) in [5.74, 6) is 1.33. The minimum Gasteiger partial charge on any atom is -0.490 e. The Labute approximate surface area is 191 Å². The van der Waals surface area contributed by atoms with Gasteiger partial charge in [0.1, 0.15) is 30.8 Å². The van der Waals surface area contributed by atoms with Gasteiger partial charge in [0.15, 0.2) is 0 Å². The number of carbonyl (C=O) groups excluding carboxylic acids is 1. The van der Waals surface area contributed by atoms with Gasteiger partial charge in [-0.2, -0.15) is 4.98 Å². The zero-order valence-corrected chi connectivity index (χ0v) is 19.3. The van der Waals surface area contributed by atoms with E-state index >= 15 is 0 Å². The van der Waals surface area contributed by atoms with Crippen LogP contribution in [0.1, 0.15) is 16.8 Å². The molecular formula is C22H28N6O5. The molecule has 11 nitrogen and oxygen atoms in total. The second-order valence-corrected chi connectivity index (χ2v) is 7.88. The number of nitrogens with one attached hydrogen (secondary N) is 1. The minimum absolute atomic E-state index is 0.0135. The molecule has 0 aliphatic carbocycles. The van der Waals surface area contributed by atoms with Gasteiger partial charge in [0.25, 0.3) is 5.89 Å². The normalized spacial score (nSPS) is 11.8. The van der Waals surface area contributed by atoms with Gasteiger partial charge in [0.05, 0.1) is 0 Å². The summed E-state index contributed by atoms with van der Waals surface area (Å²) in [6.45, 7) is 4.98. The first-order chi connectivity index (χ1) is 15.7. The molecule has 176 valence electrons. The Hall–Kier alpha value is -3.57. The number of amides is 1. The second-order valence-electron chi connectivity index (χ2n) is 7.88. The molecule has 0 spiro atoms. The maximum atomic E-state index is 11.1. The lowest BCUT2D eigenvalue weighted by Crippen LogP contribution is -2.36. The lowest BCUT2D eigenvalue weighted by Gasteiger charge is -2.16. The van der Waals surface area contributed by atoms with Crippen molar-refractivity contribution >= 4 is 11.9 Å². The average Bonchev–Trinajstić information content (AvgIpc) is 3.26. The van der Waals surface area contributed by atoms with Crippen molar-refractivity contribution < 1.29 is 24.3 Å². The van der Waals surface area contributed by atoms with Crippen LogP contribution in [-0.2, 0) is 4.79 Å². The Morgan fingerprint density at radius 3 is 2.48 bits per heavy atom. The topological polar surface area (TPSA) is 147 Å². The number of anilines is 1. The SMILES string of the molecule is Cc1cc(-c2nc(-c3cc(C)c(OC[C@H](O)CNC(=O)CO)c(C)c3)no2)nc(N(C)C)n1. The van der Waals surface area contributed by atoms with Gasteiger partial charge >= 0.3 is 0 Å². The van der Waals surface area contributed by atoms with Crippen LogP contribution in [0.5, 0.6) is 5.75 Å². The highest BCUT2D eigenvalue weighted by atomic mass is 16.5. The van der Waals surface area contributed by atoms with Crippen LogP contribution in [0.4, 0.5) is 5.95 Å². The number of hydrogen-bond acceptors (Lipinski definition) is 10. The maximum absolute atomic E-state index is 11.1. The standard InChI is InChI=1S/C22H28N6O5/c1-12-6-15(7-13(2)19(12)32-11-16(30)9-23-18(31)10-29)20-26-21(33-27-20)17-8-14(3)24-22(25-17)28(4)5/h6-8,16,29-30H,9-11H2,1-5H3,(H,23,31)/t16-/m1/s1. The summed E-state index contributed by atoms with van der Waals surface area (Å²) in [7, 11) is 3.72. The predicted molar refractivity (Wildman–Crippen MR) is 121 cm³/mol.